The number of para-hydroxylation sites is 1. The molecule has 3 nitrogen and oxygen atoms in total. The number of hydrogen-bond donors (Lipinski definition) is 1. The van der Waals surface area contributed by atoms with Crippen molar-refractivity contribution in [3.63, 3.8) is 0 Å². The fraction of sp³-hybridized carbons (Fsp3) is 0.438. The van der Waals surface area contributed by atoms with Crippen molar-refractivity contribution in [3.8, 4) is 0 Å². The van der Waals surface area contributed by atoms with Crippen LogP contribution in [0.5, 0.6) is 0 Å². The minimum Gasteiger partial charge on any atom is -0.381 e. The van der Waals surface area contributed by atoms with Gasteiger partial charge in [-0.2, -0.15) is 0 Å². The Bertz CT molecular complexity index is 542. The summed E-state index contributed by atoms with van der Waals surface area (Å²) in [7, 11) is 1.81. The highest BCUT2D eigenvalue weighted by atomic mass is 16.5. The van der Waals surface area contributed by atoms with E-state index in [1.165, 1.54) is 18.2 Å². The van der Waals surface area contributed by atoms with E-state index in [1.807, 2.05) is 19.4 Å². The van der Waals surface area contributed by atoms with Crippen LogP contribution >= 0.6 is 0 Å². The van der Waals surface area contributed by atoms with E-state index in [1.54, 1.807) is 0 Å². The van der Waals surface area contributed by atoms with Crippen molar-refractivity contribution in [1.82, 2.24) is 4.98 Å². The molecule has 0 amide bonds. The molecular formula is C16H20N2O. The normalized spacial score (nSPS) is 23.4. The number of nitrogens with zero attached hydrogens (tertiary/aromatic N) is 1. The van der Waals surface area contributed by atoms with Gasteiger partial charge < -0.3 is 10.1 Å². The largest absolute Gasteiger partial charge is 0.381 e. The van der Waals surface area contributed by atoms with Crippen molar-refractivity contribution in [1.29, 1.82) is 0 Å². The number of hydrogen-bond acceptors (Lipinski definition) is 3. The standard InChI is InChI=1S/C16H20N2O/c1-19-14-9-7-13(8-10-14)18-15-6-2-4-12-5-3-11-17-16(12)15/h2-6,11,13-14,18H,7-10H2,1H3. The van der Waals surface area contributed by atoms with Gasteiger partial charge in [0.15, 0.2) is 0 Å². The summed E-state index contributed by atoms with van der Waals surface area (Å²) in [5.74, 6) is 0. The first kappa shape index (κ1) is 12.4. The van der Waals surface area contributed by atoms with Crippen LogP contribution < -0.4 is 5.32 Å². The molecule has 0 spiro atoms. The average molecular weight is 256 g/mol. The van der Waals surface area contributed by atoms with Crippen molar-refractivity contribution >= 4 is 16.6 Å². The average Bonchev–Trinajstić information content (AvgIpc) is 2.48. The number of anilines is 1. The van der Waals surface area contributed by atoms with Crippen molar-refractivity contribution in [3.05, 3.63) is 36.5 Å². The summed E-state index contributed by atoms with van der Waals surface area (Å²) in [5, 5.41) is 4.84. The van der Waals surface area contributed by atoms with E-state index in [-0.39, 0.29) is 0 Å². The summed E-state index contributed by atoms with van der Waals surface area (Å²) < 4.78 is 5.42. The number of rotatable bonds is 3. The van der Waals surface area contributed by atoms with Crippen molar-refractivity contribution < 1.29 is 4.74 Å². The summed E-state index contributed by atoms with van der Waals surface area (Å²) in [6.07, 6.45) is 6.93. The molecule has 1 aliphatic rings. The Morgan fingerprint density at radius 2 is 1.89 bits per heavy atom. The summed E-state index contributed by atoms with van der Waals surface area (Å²) in [6.45, 7) is 0. The molecule has 0 aliphatic heterocycles. The number of fused-ring (bicyclic) bond motifs is 1. The first-order valence-corrected chi connectivity index (χ1v) is 7.00. The van der Waals surface area contributed by atoms with Gasteiger partial charge in [0.2, 0.25) is 0 Å². The Balaban J connectivity index is 1.75. The zero-order chi connectivity index (χ0) is 13.1. The molecule has 1 heterocycles. The number of aromatic nitrogens is 1. The van der Waals surface area contributed by atoms with Gasteiger partial charge in [-0.15, -0.1) is 0 Å². The van der Waals surface area contributed by atoms with E-state index < -0.39 is 0 Å². The number of nitrogens with one attached hydrogen (secondary N) is 1. The van der Waals surface area contributed by atoms with Crippen molar-refractivity contribution in [2.24, 2.45) is 0 Å². The first-order chi connectivity index (χ1) is 9.36. The SMILES string of the molecule is COC1CCC(Nc2cccc3cccnc23)CC1. The number of ether oxygens (including phenoxy) is 1. The van der Waals surface area contributed by atoms with Gasteiger partial charge in [-0.3, -0.25) is 4.98 Å². The third kappa shape index (κ3) is 2.71. The summed E-state index contributed by atoms with van der Waals surface area (Å²) in [5.41, 5.74) is 2.22. The number of benzene rings is 1. The van der Waals surface area contributed by atoms with Crippen LogP contribution in [0.25, 0.3) is 10.9 Å². The monoisotopic (exact) mass is 256 g/mol. The third-order valence-electron chi connectivity index (χ3n) is 4.00. The molecule has 1 saturated carbocycles. The van der Waals surface area contributed by atoms with Crippen LogP contribution in [0.2, 0.25) is 0 Å². The Morgan fingerprint density at radius 1 is 1.11 bits per heavy atom. The molecule has 1 aliphatic carbocycles. The molecule has 100 valence electrons. The molecule has 3 heteroatoms. The molecule has 3 rings (SSSR count). The molecule has 0 atom stereocenters. The van der Waals surface area contributed by atoms with Gasteiger partial charge in [0.25, 0.3) is 0 Å². The van der Waals surface area contributed by atoms with E-state index in [0.29, 0.717) is 12.1 Å². The maximum Gasteiger partial charge on any atom is 0.0933 e. The van der Waals surface area contributed by atoms with Crippen LogP contribution in [-0.2, 0) is 4.74 Å². The van der Waals surface area contributed by atoms with Gasteiger partial charge in [-0.25, -0.2) is 0 Å². The second kappa shape index (κ2) is 5.57. The molecule has 0 unspecified atom stereocenters. The van der Waals surface area contributed by atoms with Gasteiger partial charge in [-0.1, -0.05) is 18.2 Å². The van der Waals surface area contributed by atoms with Crippen LogP contribution in [0.3, 0.4) is 0 Å². The van der Waals surface area contributed by atoms with Crippen LogP contribution in [0.15, 0.2) is 36.5 Å². The maximum absolute atomic E-state index is 5.42. The van der Waals surface area contributed by atoms with Crippen LogP contribution in [-0.4, -0.2) is 24.2 Å². The van der Waals surface area contributed by atoms with Gasteiger partial charge in [0, 0.05) is 24.7 Å². The van der Waals surface area contributed by atoms with Crippen molar-refractivity contribution in [2.45, 2.75) is 37.8 Å². The second-order valence-electron chi connectivity index (χ2n) is 5.23. The molecule has 1 N–H and O–H groups in total. The molecule has 0 saturated heterocycles. The number of methoxy groups -OCH3 is 1. The van der Waals surface area contributed by atoms with Gasteiger partial charge in [-0.05, 0) is 37.8 Å². The molecule has 1 aromatic heterocycles. The van der Waals surface area contributed by atoms with E-state index in [0.717, 1.165) is 24.0 Å². The highest BCUT2D eigenvalue weighted by Gasteiger charge is 2.21. The first-order valence-electron chi connectivity index (χ1n) is 7.00. The Kier molecular flexibility index (Phi) is 3.65. The minimum absolute atomic E-state index is 0.448. The Labute approximate surface area is 114 Å². The number of pyridine rings is 1. The van der Waals surface area contributed by atoms with Crippen molar-refractivity contribution in [2.75, 3.05) is 12.4 Å². The lowest BCUT2D eigenvalue weighted by Gasteiger charge is -2.29. The summed E-state index contributed by atoms with van der Waals surface area (Å²) in [4.78, 5) is 4.49. The molecule has 0 radical (unpaired) electrons. The minimum atomic E-state index is 0.448. The zero-order valence-corrected chi connectivity index (χ0v) is 11.3. The van der Waals surface area contributed by atoms with Crippen LogP contribution in [0, 0.1) is 0 Å². The second-order valence-corrected chi connectivity index (χ2v) is 5.23. The lowest BCUT2D eigenvalue weighted by Crippen LogP contribution is -2.29. The molecule has 0 bridgehead atoms. The quantitative estimate of drug-likeness (QED) is 0.911. The van der Waals surface area contributed by atoms with Gasteiger partial charge in [0.05, 0.1) is 17.3 Å². The smallest absolute Gasteiger partial charge is 0.0933 e. The zero-order valence-electron chi connectivity index (χ0n) is 11.3. The van der Waals surface area contributed by atoms with E-state index in [9.17, 15) is 0 Å². The predicted molar refractivity (Wildman–Crippen MR) is 78.4 cm³/mol. The fourth-order valence-electron chi connectivity index (χ4n) is 2.88. The Morgan fingerprint density at radius 3 is 2.68 bits per heavy atom. The molecule has 1 aromatic carbocycles. The van der Waals surface area contributed by atoms with Gasteiger partial charge >= 0.3 is 0 Å². The molecule has 1 fully saturated rings. The maximum atomic E-state index is 5.42. The summed E-state index contributed by atoms with van der Waals surface area (Å²) >= 11 is 0. The third-order valence-corrected chi connectivity index (χ3v) is 4.00. The molecular weight excluding hydrogens is 236 g/mol. The lowest BCUT2D eigenvalue weighted by atomic mass is 9.92. The van der Waals surface area contributed by atoms with Gasteiger partial charge in [0.1, 0.15) is 0 Å². The highest BCUT2D eigenvalue weighted by molar-refractivity contribution is 5.90. The Hall–Kier alpha value is -1.61. The topological polar surface area (TPSA) is 34.1 Å². The lowest BCUT2D eigenvalue weighted by molar-refractivity contribution is 0.0682. The summed E-state index contributed by atoms with van der Waals surface area (Å²) in [6, 6.07) is 10.9. The fourth-order valence-corrected chi connectivity index (χ4v) is 2.88. The van der Waals surface area contributed by atoms with Crippen LogP contribution in [0.4, 0.5) is 5.69 Å². The van der Waals surface area contributed by atoms with E-state index in [2.05, 4.69) is 34.6 Å². The van der Waals surface area contributed by atoms with E-state index in [4.69, 9.17) is 4.74 Å². The van der Waals surface area contributed by atoms with E-state index >= 15 is 0 Å². The molecule has 2 aromatic rings. The predicted octanol–water partition coefficient (Wildman–Crippen LogP) is 3.60. The highest BCUT2D eigenvalue weighted by Crippen LogP contribution is 2.27. The van der Waals surface area contributed by atoms with Crippen LogP contribution in [0.1, 0.15) is 25.7 Å². The molecule has 19 heavy (non-hydrogen) atoms.